The van der Waals surface area contributed by atoms with Gasteiger partial charge in [-0.3, -0.25) is 0 Å². The molecule has 0 saturated carbocycles. The van der Waals surface area contributed by atoms with Crippen LogP contribution in [0.3, 0.4) is 0 Å². The molecule has 0 aliphatic heterocycles. The molecule has 6 heteroatoms. The highest BCUT2D eigenvalue weighted by atomic mass is 16.6. The van der Waals surface area contributed by atoms with Crippen molar-refractivity contribution in [1.29, 1.82) is 0 Å². The van der Waals surface area contributed by atoms with Crippen LogP contribution < -0.4 is 14.2 Å². The second-order valence-corrected chi connectivity index (χ2v) is 11.7. The largest absolute Gasteiger partial charge is 0.494 e. The Kier molecular flexibility index (Phi) is 15.8. The fourth-order valence-corrected chi connectivity index (χ4v) is 5.05. The molecule has 0 unspecified atom stereocenters. The van der Waals surface area contributed by atoms with Crippen LogP contribution in [0.4, 0.5) is 0 Å². The lowest BCUT2D eigenvalue weighted by molar-refractivity contribution is -0.147. The monoisotopic (exact) mass is 604 g/mol. The van der Waals surface area contributed by atoms with E-state index in [1.807, 2.05) is 24.3 Å². The molecular weight excluding hydrogens is 552 g/mol. The number of carbonyl (C=O) groups excluding carboxylic acids is 2. The van der Waals surface area contributed by atoms with Gasteiger partial charge in [-0.25, -0.2) is 9.59 Å². The van der Waals surface area contributed by atoms with Crippen LogP contribution in [-0.4, -0.2) is 31.3 Å². The van der Waals surface area contributed by atoms with Gasteiger partial charge in [0.05, 0.1) is 18.8 Å². The van der Waals surface area contributed by atoms with Crippen LogP contribution in [0.5, 0.6) is 17.2 Å². The highest BCUT2D eigenvalue weighted by molar-refractivity contribution is 5.92. The van der Waals surface area contributed by atoms with Crippen molar-refractivity contribution in [2.45, 2.75) is 111 Å². The molecule has 0 saturated heterocycles. The maximum Gasteiger partial charge on any atom is 0.343 e. The number of ether oxygens (including phenoxy) is 4. The molecule has 0 aliphatic carbocycles. The molecule has 3 aromatic carbocycles. The van der Waals surface area contributed by atoms with Gasteiger partial charge in [0.25, 0.3) is 0 Å². The lowest BCUT2D eigenvalue weighted by atomic mass is 10.0. The Labute approximate surface area is 264 Å². The summed E-state index contributed by atoms with van der Waals surface area (Å²) < 4.78 is 22.9. The van der Waals surface area contributed by atoms with Crippen LogP contribution in [-0.2, 0) is 9.53 Å². The zero-order chi connectivity index (χ0) is 31.6. The minimum atomic E-state index is -0.640. The standard InChI is InChI=1S/C38H52O6/c1-5-8-10-11-12-13-14-15-25-41-34-21-17-31(18-22-34)38(40)44-36-24-20-32-26-35(23-19-33(32)27-36)43-37(39)29(4)42-28-30(7-3)16-9-6-2/h17-24,26-27,29-30H,5-16,25,28H2,1-4H3/t29-,30+/m0/s1. The molecule has 3 aromatic rings. The normalized spacial score (nSPS) is 12.5. The predicted molar refractivity (Wildman–Crippen MR) is 178 cm³/mol. The van der Waals surface area contributed by atoms with Crippen molar-refractivity contribution in [3.63, 3.8) is 0 Å². The van der Waals surface area contributed by atoms with Crippen LogP contribution in [0.15, 0.2) is 60.7 Å². The minimum absolute atomic E-state index is 0.412. The number of unbranched alkanes of at least 4 members (excludes halogenated alkanes) is 8. The number of esters is 2. The Morgan fingerprint density at radius 2 is 1.23 bits per heavy atom. The summed E-state index contributed by atoms with van der Waals surface area (Å²) in [5.41, 5.74) is 0.457. The quantitative estimate of drug-likeness (QED) is 0.0684. The summed E-state index contributed by atoms with van der Waals surface area (Å²) >= 11 is 0. The van der Waals surface area contributed by atoms with Gasteiger partial charge in [0.15, 0.2) is 6.10 Å². The molecule has 240 valence electrons. The molecule has 0 aromatic heterocycles. The molecule has 0 N–H and O–H groups in total. The van der Waals surface area contributed by atoms with Crippen molar-refractivity contribution in [2.75, 3.05) is 13.2 Å². The molecule has 0 amide bonds. The van der Waals surface area contributed by atoms with E-state index >= 15 is 0 Å². The third kappa shape index (κ3) is 12.3. The van der Waals surface area contributed by atoms with Gasteiger partial charge >= 0.3 is 11.9 Å². The van der Waals surface area contributed by atoms with Gasteiger partial charge in [-0.1, -0.05) is 97.1 Å². The van der Waals surface area contributed by atoms with Crippen molar-refractivity contribution in [3.05, 3.63) is 66.2 Å². The first-order valence-electron chi connectivity index (χ1n) is 16.8. The maximum atomic E-state index is 12.8. The Balaban J connectivity index is 1.44. The average Bonchev–Trinajstić information content (AvgIpc) is 3.04. The van der Waals surface area contributed by atoms with Crippen LogP contribution in [0.2, 0.25) is 0 Å². The van der Waals surface area contributed by atoms with Crippen LogP contribution in [0.1, 0.15) is 115 Å². The highest BCUT2D eigenvalue weighted by Gasteiger charge is 2.18. The first-order valence-corrected chi connectivity index (χ1v) is 16.8. The molecule has 0 heterocycles. The van der Waals surface area contributed by atoms with Crippen molar-refractivity contribution in [2.24, 2.45) is 5.92 Å². The van der Waals surface area contributed by atoms with Crippen molar-refractivity contribution >= 4 is 22.7 Å². The van der Waals surface area contributed by atoms with E-state index in [2.05, 4.69) is 20.8 Å². The van der Waals surface area contributed by atoms with Gasteiger partial charge in [0.2, 0.25) is 0 Å². The van der Waals surface area contributed by atoms with E-state index in [0.29, 0.717) is 36.2 Å². The molecule has 0 bridgehead atoms. The Morgan fingerprint density at radius 1 is 0.659 bits per heavy atom. The molecular formula is C38H52O6. The summed E-state index contributed by atoms with van der Waals surface area (Å²) in [6, 6.07) is 17.8. The molecule has 44 heavy (non-hydrogen) atoms. The Bertz CT molecular complexity index is 1270. The van der Waals surface area contributed by atoms with E-state index in [0.717, 1.165) is 42.2 Å². The summed E-state index contributed by atoms with van der Waals surface area (Å²) in [7, 11) is 0. The van der Waals surface area contributed by atoms with Crippen molar-refractivity contribution < 1.29 is 28.5 Å². The third-order valence-corrected chi connectivity index (χ3v) is 8.03. The van der Waals surface area contributed by atoms with Crippen molar-refractivity contribution in [1.82, 2.24) is 0 Å². The number of hydrogen-bond donors (Lipinski definition) is 0. The fourth-order valence-electron chi connectivity index (χ4n) is 5.05. The Hall–Kier alpha value is -3.38. The molecule has 0 aliphatic rings. The van der Waals surface area contributed by atoms with Gasteiger partial charge in [-0.15, -0.1) is 0 Å². The van der Waals surface area contributed by atoms with E-state index in [1.165, 1.54) is 51.4 Å². The van der Waals surface area contributed by atoms with Gasteiger partial charge in [-0.2, -0.15) is 0 Å². The number of rotatable bonds is 21. The molecule has 6 nitrogen and oxygen atoms in total. The molecule has 0 radical (unpaired) electrons. The Morgan fingerprint density at radius 3 is 1.84 bits per heavy atom. The summed E-state index contributed by atoms with van der Waals surface area (Å²) in [5.74, 6) is 1.26. The predicted octanol–water partition coefficient (Wildman–Crippen LogP) is 10.1. The van der Waals surface area contributed by atoms with Crippen LogP contribution >= 0.6 is 0 Å². The lowest BCUT2D eigenvalue weighted by Crippen LogP contribution is -2.28. The van der Waals surface area contributed by atoms with Crippen LogP contribution in [0, 0.1) is 5.92 Å². The van der Waals surface area contributed by atoms with Crippen LogP contribution in [0.25, 0.3) is 10.8 Å². The SMILES string of the molecule is CCCCCCCCCCOc1ccc(C(=O)Oc2ccc3cc(OC(=O)[C@H](C)OC[C@H](CC)CCCC)ccc3c2)cc1. The van der Waals surface area contributed by atoms with Gasteiger partial charge in [-0.05, 0) is 85.0 Å². The number of fused-ring (bicyclic) bond motifs is 1. The minimum Gasteiger partial charge on any atom is -0.494 e. The van der Waals surface area contributed by atoms with Gasteiger partial charge in [0.1, 0.15) is 17.2 Å². The molecule has 3 rings (SSSR count). The van der Waals surface area contributed by atoms with Crippen molar-refractivity contribution in [3.8, 4) is 17.2 Å². The highest BCUT2D eigenvalue weighted by Crippen LogP contribution is 2.26. The fraction of sp³-hybridized carbons (Fsp3) is 0.526. The van der Waals surface area contributed by atoms with Gasteiger partial charge < -0.3 is 18.9 Å². The van der Waals surface area contributed by atoms with E-state index in [4.69, 9.17) is 18.9 Å². The maximum absolute atomic E-state index is 12.8. The number of hydrogen-bond acceptors (Lipinski definition) is 6. The second kappa shape index (κ2) is 19.8. The van der Waals surface area contributed by atoms with Gasteiger partial charge in [0, 0.05) is 0 Å². The van der Waals surface area contributed by atoms with E-state index in [9.17, 15) is 9.59 Å². The lowest BCUT2D eigenvalue weighted by Gasteiger charge is -2.18. The number of carbonyl (C=O) groups is 2. The summed E-state index contributed by atoms with van der Waals surface area (Å²) in [6.45, 7) is 9.55. The summed E-state index contributed by atoms with van der Waals surface area (Å²) in [5, 5.41) is 1.73. The summed E-state index contributed by atoms with van der Waals surface area (Å²) in [6.07, 6.45) is 13.9. The third-order valence-electron chi connectivity index (χ3n) is 8.03. The van der Waals surface area contributed by atoms with E-state index in [1.54, 1.807) is 43.3 Å². The first kappa shape index (κ1) is 35.1. The topological polar surface area (TPSA) is 71.1 Å². The smallest absolute Gasteiger partial charge is 0.343 e. The average molecular weight is 605 g/mol. The zero-order valence-corrected chi connectivity index (χ0v) is 27.3. The molecule has 0 fully saturated rings. The zero-order valence-electron chi connectivity index (χ0n) is 27.3. The molecule has 0 spiro atoms. The van der Waals surface area contributed by atoms with E-state index in [-0.39, 0.29) is 0 Å². The first-order chi connectivity index (χ1) is 21.4. The van der Waals surface area contributed by atoms with E-state index < -0.39 is 18.0 Å². The number of benzene rings is 3. The summed E-state index contributed by atoms with van der Waals surface area (Å²) in [4.78, 5) is 25.4. The second-order valence-electron chi connectivity index (χ2n) is 11.7. The molecule has 2 atom stereocenters.